The largest absolute Gasteiger partial charge is 0.542 e. The van der Waals surface area contributed by atoms with Crippen molar-refractivity contribution in [1.82, 2.24) is 5.32 Å². The summed E-state index contributed by atoms with van der Waals surface area (Å²) in [5.74, 6) is -1.54. The van der Waals surface area contributed by atoms with E-state index in [0.717, 1.165) is 12.8 Å². The van der Waals surface area contributed by atoms with Gasteiger partial charge in [0.1, 0.15) is 57.8 Å². The van der Waals surface area contributed by atoms with Gasteiger partial charge in [-0.15, -0.1) is 0 Å². The summed E-state index contributed by atoms with van der Waals surface area (Å²) < 4.78 is 18.1. The fourth-order valence-corrected chi connectivity index (χ4v) is 8.67. The molecule has 336 valence electrons. The minimum Gasteiger partial charge on any atom is -0.460 e. The first kappa shape index (κ1) is 48.1. The van der Waals surface area contributed by atoms with Crippen molar-refractivity contribution >= 4 is 54.9 Å². The molecule has 1 N–H and O–H groups in total. The highest BCUT2D eigenvalue weighted by molar-refractivity contribution is 5.92. The first-order valence-electron chi connectivity index (χ1n) is 20.9. The van der Waals surface area contributed by atoms with Crippen LogP contribution in [0.25, 0.3) is 0 Å². The summed E-state index contributed by atoms with van der Waals surface area (Å²) in [4.78, 5) is 126. The van der Waals surface area contributed by atoms with Crippen molar-refractivity contribution in [3.63, 3.8) is 0 Å². The van der Waals surface area contributed by atoms with E-state index < -0.39 is 92.4 Å². The lowest BCUT2D eigenvalue weighted by Crippen LogP contribution is -2.90. The molecule has 0 aromatic heterocycles. The third-order valence-corrected chi connectivity index (χ3v) is 11.2. The zero-order valence-corrected chi connectivity index (χ0v) is 35.7. The predicted octanol–water partition coefficient (Wildman–Crippen LogP) is 5.04. The van der Waals surface area contributed by atoms with Gasteiger partial charge in [0.15, 0.2) is 6.17 Å². The number of carbonyl (C=O) groups excluding carboxylic acids is 7. The number of aliphatic imine (C=N–C) groups is 2. The van der Waals surface area contributed by atoms with Crippen LogP contribution < -0.4 is 5.32 Å². The molecule has 21 nitrogen and oxygen atoms in total. The Balaban J connectivity index is 1.82. The van der Waals surface area contributed by atoms with E-state index in [2.05, 4.69) is 15.3 Å². The van der Waals surface area contributed by atoms with Gasteiger partial charge in [0.25, 0.3) is 0 Å². The molecule has 4 rings (SSSR count). The number of amides is 7. The SMILES string of the molecule is CC(=O)OC(C)COOC=NC1CCCCC[N+]12C(=O)[N+]1(CCCCCC1N=COOCC(C)OC(C)=O)C(=O)[N+]1(CCCCCC1NC(=O)OCC(C)OC(C)=O)C2=O. The summed E-state index contributed by atoms with van der Waals surface area (Å²) in [5, 5.41) is 2.84. The second kappa shape index (κ2) is 22.3. The molecule has 0 aromatic carbocycles. The van der Waals surface area contributed by atoms with Crippen LogP contribution in [-0.2, 0) is 52.9 Å². The number of rotatable bonds is 16. The molecule has 0 radical (unpaired) electrons. The molecule has 4 heterocycles. The summed E-state index contributed by atoms with van der Waals surface area (Å²) in [6.07, 6.45) is 1.66. The van der Waals surface area contributed by atoms with E-state index in [4.69, 9.17) is 38.5 Å². The van der Waals surface area contributed by atoms with Crippen molar-refractivity contribution in [3.05, 3.63) is 0 Å². The quantitative estimate of drug-likeness (QED) is 0.0313. The molecule has 8 unspecified atom stereocenters. The number of alkyl carbamates (subject to hydrolysis) is 1. The number of carbonyl (C=O) groups is 7. The Morgan fingerprint density at radius 2 is 0.967 bits per heavy atom. The summed E-state index contributed by atoms with van der Waals surface area (Å²) >= 11 is 0. The number of urea groups is 3. The van der Waals surface area contributed by atoms with Crippen LogP contribution in [0.5, 0.6) is 0 Å². The third-order valence-electron chi connectivity index (χ3n) is 11.2. The number of quaternary nitrogens is 3. The van der Waals surface area contributed by atoms with Gasteiger partial charge in [0.2, 0.25) is 25.1 Å². The highest BCUT2D eigenvalue weighted by Crippen LogP contribution is 2.46. The molecule has 3 spiro atoms. The first-order valence-corrected chi connectivity index (χ1v) is 20.9. The molecular formula is C39H63N6O15+3. The lowest BCUT2D eigenvalue weighted by Gasteiger charge is -2.51. The monoisotopic (exact) mass is 855 g/mol. The van der Waals surface area contributed by atoms with Crippen molar-refractivity contribution in [1.29, 1.82) is 0 Å². The molecule has 0 saturated carbocycles. The van der Waals surface area contributed by atoms with Gasteiger partial charge in [-0.2, -0.15) is 34.1 Å². The first-order chi connectivity index (χ1) is 28.6. The molecule has 0 bridgehead atoms. The molecular weight excluding hydrogens is 792 g/mol. The minimum absolute atomic E-state index is 0.0123. The molecule has 0 aliphatic carbocycles. The van der Waals surface area contributed by atoms with E-state index in [-0.39, 0.29) is 58.7 Å². The van der Waals surface area contributed by atoms with Gasteiger partial charge in [-0.05, 0) is 78.6 Å². The van der Waals surface area contributed by atoms with E-state index in [1.807, 2.05) is 0 Å². The van der Waals surface area contributed by atoms with Gasteiger partial charge in [0.05, 0.1) is 0 Å². The molecule has 7 amide bonds. The van der Waals surface area contributed by atoms with Crippen molar-refractivity contribution < 1.29 is 85.5 Å². The normalized spacial score (nSPS) is 30.2. The Hall–Kier alpha value is -4.57. The Bertz CT molecular complexity index is 1530. The highest BCUT2D eigenvalue weighted by atomic mass is 17.2. The summed E-state index contributed by atoms with van der Waals surface area (Å²) in [6.45, 7) is 8.04. The van der Waals surface area contributed by atoms with E-state index in [9.17, 15) is 19.2 Å². The van der Waals surface area contributed by atoms with Gasteiger partial charge < -0.3 is 28.7 Å². The molecule has 4 aliphatic rings. The van der Waals surface area contributed by atoms with Crippen molar-refractivity contribution in [2.45, 2.75) is 155 Å². The van der Waals surface area contributed by atoms with Gasteiger partial charge in [0, 0.05) is 40.0 Å². The molecule has 60 heavy (non-hydrogen) atoms. The van der Waals surface area contributed by atoms with Crippen LogP contribution in [0.2, 0.25) is 0 Å². The van der Waals surface area contributed by atoms with Crippen LogP contribution in [0.15, 0.2) is 9.98 Å². The van der Waals surface area contributed by atoms with E-state index in [1.54, 1.807) is 20.8 Å². The summed E-state index contributed by atoms with van der Waals surface area (Å²) in [7, 11) is 0. The van der Waals surface area contributed by atoms with Gasteiger partial charge in [-0.25, -0.2) is 4.79 Å². The highest BCUT2D eigenvalue weighted by Gasteiger charge is 2.84. The number of hydrogen-bond acceptors (Lipinski definition) is 17. The van der Waals surface area contributed by atoms with Crippen LogP contribution in [-0.4, -0.2) is 145 Å². The van der Waals surface area contributed by atoms with Crippen LogP contribution in [0.3, 0.4) is 0 Å². The van der Waals surface area contributed by atoms with Crippen molar-refractivity contribution in [3.8, 4) is 0 Å². The summed E-state index contributed by atoms with van der Waals surface area (Å²) in [6, 6.07) is -2.11. The third kappa shape index (κ3) is 11.4. The molecule has 4 saturated heterocycles. The Morgan fingerprint density at radius 1 is 0.583 bits per heavy atom. The zero-order chi connectivity index (χ0) is 43.9. The maximum absolute atomic E-state index is 15.9. The number of imide groups is 3. The molecule has 0 aromatic rings. The van der Waals surface area contributed by atoms with Crippen LogP contribution in [0.4, 0.5) is 19.2 Å². The number of ether oxygens (including phenoxy) is 4. The van der Waals surface area contributed by atoms with Gasteiger partial charge >= 0.3 is 42.1 Å². The zero-order valence-electron chi connectivity index (χ0n) is 35.7. The smallest absolute Gasteiger partial charge is 0.460 e. The molecule has 4 fully saturated rings. The number of hydrogen-bond donors (Lipinski definition) is 1. The second-order valence-electron chi connectivity index (χ2n) is 15.9. The topological polar surface area (TPSA) is 230 Å². The standard InChI is InChI=1S/C39H62N6O15/c1-27(58-30(4)46)22-53-36(49)42-35-18-12-9-15-21-45(35)38(51)43(19-13-7-10-16-33(43)40-25-56-54-23-28(2)59-31(5)47)37(50)44(39(45)52)20-14-8-11-17-34(44)41-26-57-55-24-29(3)60-32(6)48/h25-29,33-35H,7-24H2,1-6H3/q+2/p+1. The van der Waals surface area contributed by atoms with E-state index in [1.165, 1.54) is 20.8 Å². The van der Waals surface area contributed by atoms with Crippen molar-refractivity contribution in [2.75, 3.05) is 39.5 Å². The predicted molar refractivity (Wildman–Crippen MR) is 208 cm³/mol. The average Bonchev–Trinajstić information content (AvgIpc) is 3.62. The minimum atomic E-state index is -1.15. The van der Waals surface area contributed by atoms with Crippen molar-refractivity contribution in [2.24, 2.45) is 9.98 Å². The Morgan fingerprint density at radius 3 is 1.40 bits per heavy atom. The number of nitrogens with one attached hydrogen (secondary N) is 1. The van der Waals surface area contributed by atoms with Gasteiger partial charge in [-0.3, -0.25) is 19.7 Å². The number of nitrogens with zero attached hydrogens (tertiary/aromatic N) is 5. The second-order valence-corrected chi connectivity index (χ2v) is 15.9. The van der Waals surface area contributed by atoms with Gasteiger partial charge in [-0.1, -0.05) is 13.4 Å². The molecule has 8 atom stereocenters. The Kier molecular flexibility index (Phi) is 17.9. The van der Waals surface area contributed by atoms with Crippen LogP contribution in [0, 0.1) is 0 Å². The molecule has 4 aliphatic heterocycles. The maximum Gasteiger partial charge on any atom is 0.542 e. The van der Waals surface area contributed by atoms with Crippen LogP contribution >= 0.6 is 0 Å². The number of esters is 3. The Labute approximate surface area is 350 Å². The molecule has 21 heteroatoms. The fourth-order valence-electron chi connectivity index (χ4n) is 8.67. The van der Waals surface area contributed by atoms with E-state index >= 15 is 14.4 Å². The maximum atomic E-state index is 15.9. The summed E-state index contributed by atoms with van der Waals surface area (Å²) in [5.41, 5.74) is 0. The lowest BCUT2D eigenvalue weighted by molar-refractivity contribution is -1.04. The lowest BCUT2D eigenvalue weighted by atomic mass is 10.1. The van der Waals surface area contributed by atoms with Crippen LogP contribution in [0.1, 0.15) is 119 Å². The van der Waals surface area contributed by atoms with E-state index in [0.29, 0.717) is 57.8 Å². The fraction of sp³-hybridized carbons (Fsp3) is 0.769. The average molecular weight is 856 g/mol.